The molecule has 2 N–H and O–H groups in total. The van der Waals surface area contributed by atoms with Gasteiger partial charge in [0.05, 0.1) is 25.2 Å². The van der Waals surface area contributed by atoms with Gasteiger partial charge in [0.2, 0.25) is 0 Å². The number of nitrogens with zero attached hydrogens (tertiary/aromatic N) is 3. The normalized spacial score (nSPS) is 22.5. The van der Waals surface area contributed by atoms with Crippen LogP contribution in [-0.4, -0.2) is 71.4 Å². The monoisotopic (exact) mass is 363 g/mol. The van der Waals surface area contributed by atoms with Crippen molar-refractivity contribution in [2.75, 3.05) is 32.1 Å². The third-order valence-corrected chi connectivity index (χ3v) is 4.76. The van der Waals surface area contributed by atoms with Crippen LogP contribution in [0.5, 0.6) is 5.75 Å². The molecule has 2 unspecified atom stereocenters. The molecule has 1 aromatic heterocycles. The Morgan fingerprint density at radius 1 is 1.15 bits per heavy atom. The lowest BCUT2D eigenvalue weighted by Crippen LogP contribution is -2.59. The van der Waals surface area contributed by atoms with Gasteiger partial charge in [0, 0.05) is 43.4 Å². The van der Waals surface area contributed by atoms with Gasteiger partial charge in [0.15, 0.2) is 0 Å². The number of pyridine rings is 1. The van der Waals surface area contributed by atoms with Gasteiger partial charge in [-0.15, -0.1) is 0 Å². The largest absolute Gasteiger partial charge is 0.495 e. The lowest BCUT2D eigenvalue weighted by atomic mass is 9.92. The highest BCUT2D eigenvalue weighted by Gasteiger charge is 2.34. The minimum Gasteiger partial charge on any atom is -0.495 e. The van der Waals surface area contributed by atoms with Crippen molar-refractivity contribution in [1.82, 2.24) is 9.88 Å². The quantitative estimate of drug-likeness (QED) is 0.776. The van der Waals surface area contributed by atoms with E-state index in [1.54, 1.807) is 13.3 Å². The number of ether oxygens (including phenoxy) is 1. The highest BCUT2D eigenvalue weighted by Crippen LogP contribution is 2.30. The topological polar surface area (TPSA) is 103 Å². The molecule has 0 saturated carbocycles. The van der Waals surface area contributed by atoms with E-state index in [0.29, 0.717) is 24.2 Å². The molecule has 8 nitrogen and oxygen atoms in total. The van der Waals surface area contributed by atoms with Crippen molar-refractivity contribution >= 4 is 17.6 Å². The fourth-order valence-corrected chi connectivity index (χ4v) is 3.36. The average Bonchev–Trinajstić information content (AvgIpc) is 2.60. The number of likely N-dealkylation sites (N-methyl/N-ethyl adjacent to an activating group) is 1. The maximum absolute atomic E-state index is 9.55. The lowest BCUT2D eigenvalue weighted by Gasteiger charge is -2.49. The highest BCUT2D eigenvalue weighted by atomic mass is 16.5. The Morgan fingerprint density at radius 3 is 2.23 bits per heavy atom. The Kier molecular flexibility index (Phi) is 6.97. The molecular formula is C18H25N3O5. The number of hydrogen-bond acceptors (Lipinski definition) is 6. The van der Waals surface area contributed by atoms with Crippen molar-refractivity contribution in [2.24, 2.45) is 0 Å². The number of piperidine rings is 1. The van der Waals surface area contributed by atoms with E-state index in [0.717, 1.165) is 18.8 Å². The molecule has 2 saturated heterocycles. The summed E-state index contributed by atoms with van der Waals surface area (Å²) in [6, 6.07) is 3.49. The first-order chi connectivity index (χ1) is 12.4. The smallest absolute Gasteiger partial charge is 0.328 e. The first-order valence-electron chi connectivity index (χ1n) is 8.50. The Labute approximate surface area is 152 Å². The molecule has 1 aromatic rings. The van der Waals surface area contributed by atoms with Crippen LogP contribution in [0.3, 0.4) is 0 Å². The van der Waals surface area contributed by atoms with E-state index in [2.05, 4.69) is 27.9 Å². The SMILES string of the molecule is COc1cncc(N2CC3CCCC(C2)N3C)c1.O=C(O)/C=C/C(=O)O. The van der Waals surface area contributed by atoms with Gasteiger partial charge in [-0.25, -0.2) is 9.59 Å². The Balaban J connectivity index is 0.000000260. The third kappa shape index (κ3) is 5.45. The number of piperazine rings is 1. The van der Waals surface area contributed by atoms with Gasteiger partial charge in [-0.2, -0.15) is 0 Å². The molecule has 0 spiro atoms. The second-order valence-corrected chi connectivity index (χ2v) is 6.40. The second kappa shape index (κ2) is 9.19. The van der Waals surface area contributed by atoms with Crippen LogP contribution in [0.4, 0.5) is 5.69 Å². The van der Waals surface area contributed by atoms with Crippen LogP contribution in [0.2, 0.25) is 0 Å². The number of carbonyl (C=O) groups is 2. The molecule has 0 amide bonds. The summed E-state index contributed by atoms with van der Waals surface area (Å²) in [5, 5.41) is 15.6. The fourth-order valence-electron chi connectivity index (χ4n) is 3.36. The molecule has 2 fully saturated rings. The van der Waals surface area contributed by atoms with Gasteiger partial charge in [-0.05, 0) is 19.9 Å². The first-order valence-corrected chi connectivity index (χ1v) is 8.50. The molecule has 3 rings (SSSR count). The van der Waals surface area contributed by atoms with E-state index in [1.165, 1.54) is 24.9 Å². The number of anilines is 1. The summed E-state index contributed by atoms with van der Waals surface area (Å²) in [6.45, 7) is 2.23. The van der Waals surface area contributed by atoms with Crippen LogP contribution in [0.15, 0.2) is 30.6 Å². The first kappa shape index (κ1) is 19.7. The van der Waals surface area contributed by atoms with E-state index in [4.69, 9.17) is 14.9 Å². The van der Waals surface area contributed by atoms with Crippen LogP contribution < -0.4 is 9.64 Å². The van der Waals surface area contributed by atoms with Gasteiger partial charge in [-0.1, -0.05) is 6.42 Å². The number of aliphatic carboxylic acids is 2. The summed E-state index contributed by atoms with van der Waals surface area (Å²) >= 11 is 0. The van der Waals surface area contributed by atoms with E-state index in [9.17, 15) is 9.59 Å². The van der Waals surface area contributed by atoms with E-state index < -0.39 is 11.9 Å². The number of fused-ring (bicyclic) bond motifs is 2. The van der Waals surface area contributed by atoms with Crippen molar-refractivity contribution in [3.8, 4) is 5.75 Å². The van der Waals surface area contributed by atoms with Gasteiger partial charge >= 0.3 is 11.9 Å². The average molecular weight is 363 g/mol. The molecule has 0 radical (unpaired) electrons. The molecule has 2 bridgehead atoms. The number of hydrogen-bond donors (Lipinski definition) is 2. The minimum atomic E-state index is -1.26. The Hall–Kier alpha value is -2.61. The molecule has 2 aliphatic heterocycles. The molecule has 2 atom stereocenters. The molecule has 8 heteroatoms. The van der Waals surface area contributed by atoms with Gasteiger partial charge < -0.3 is 19.8 Å². The van der Waals surface area contributed by atoms with E-state index >= 15 is 0 Å². The van der Waals surface area contributed by atoms with Crippen molar-refractivity contribution in [3.63, 3.8) is 0 Å². The molecule has 26 heavy (non-hydrogen) atoms. The van der Waals surface area contributed by atoms with Crippen LogP contribution in [0.1, 0.15) is 19.3 Å². The van der Waals surface area contributed by atoms with E-state index in [-0.39, 0.29) is 0 Å². The zero-order valence-electron chi connectivity index (χ0n) is 15.0. The van der Waals surface area contributed by atoms with Gasteiger partial charge in [0.25, 0.3) is 0 Å². The number of carboxylic acids is 2. The number of carboxylic acid groups (broad SMARTS) is 2. The summed E-state index contributed by atoms with van der Waals surface area (Å²) in [5.74, 6) is -1.67. The molecule has 3 heterocycles. The van der Waals surface area contributed by atoms with Crippen molar-refractivity contribution in [1.29, 1.82) is 0 Å². The number of rotatable bonds is 4. The van der Waals surface area contributed by atoms with Crippen molar-refractivity contribution < 1.29 is 24.5 Å². The standard InChI is InChI=1S/C14H21N3O.C4H4O4/c1-16-11-4-3-5-12(16)10-17(9-11)13-6-14(18-2)8-15-7-13;5-3(6)1-2-4(7)8/h6-8,11-12H,3-5,9-10H2,1-2H3;1-2H,(H,5,6)(H,7,8)/b;2-1+. The lowest BCUT2D eigenvalue weighted by molar-refractivity contribution is -0.134. The Bertz CT molecular complexity index is 634. The highest BCUT2D eigenvalue weighted by molar-refractivity contribution is 5.89. The zero-order valence-corrected chi connectivity index (χ0v) is 15.0. The molecule has 142 valence electrons. The maximum Gasteiger partial charge on any atom is 0.328 e. The van der Waals surface area contributed by atoms with Gasteiger partial charge in [0.1, 0.15) is 5.75 Å². The summed E-state index contributed by atoms with van der Waals surface area (Å²) in [6.07, 6.45) is 8.85. The second-order valence-electron chi connectivity index (χ2n) is 6.40. The summed E-state index contributed by atoms with van der Waals surface area (Å²) in [7, 11) is 3.97. The predicted molar refractivity (Wildman–Crippen MR) is 96.6 cm³/mol. The summed E-state index contributed by atoms with van der Waals surface area (Å²) < 4.78 is 5.26. The summed E-state index contributed by atoms with van der Waals surface area (Å²) in [5.41, 5.74) is 1.19. The van der Waals surface area contributed by atoms with Crippen molar-refractivity contribution in [3.05, 3.63) is 30.6 Å². The molecule has 0 aliphatic carbocycles. The summed E-state index contributed by atoms with van der Waals surface area (Å²) in [4.78, 5) is 28.4. The van der Waals surface area contributed by atoms with Crippen molar-refractivity contribution in [2.45, 2.75) is 31.3 Å². The minimum absolute atomic E-state index is 0.558. The van der Waals surface area contributed by atoms with Crippen LogP contribution in [-0.2, 0) is 9.59 Å². The van der Waals surface area contributed by atoms with E-state index in [1.807, 2.05) is 6.20 Å². The fraction of sp³-hybridized carbons (Fsp3) is 0.500. The molecular weight excluding hydrogens is 338 g/mol. The zero-order chi connectivity index (χ0) is 19.1. The number of aromatic nitrogens is 1. The molecule has 0 aromatic carbocycles. The third-order valence-electron chi connectivity index (χ3n) is 4.76. The maximum atomic E-state index is 9.55. The van der Waals surface area contributed by atoms with Crippen LogP contribution in [0.25, 0.3) is 0 Å². The molecule has 2 aliphatic rings. The number of methoxy groups -OCH3 is 1. The van der Waals surface area contributed by atoms with Gasteiger partial charge in [-0.3, -0.25) is 9.88 Å². The van der Waals surface area contributed by atoms with Crippen LogP contribution in [0, 0.1) is 0 Å². The van der Waals surface area contributed by atoms with Crippen LogP contribution >= 0.6 is 0 Å². The Morgan fingerprint density at radius 2 is 1.73 bits per heavy atom. The predicted octanol–water partition coefficient (Wildman–Crippen LogP) is 1.47.